The standard InChI is InChI=1S/C16H17FN2O2/c1-9(18)12-5-4-10(6-14(12)19)13-7-11(20-2)8-15(21-3)16(13)17/h4-8,18H,19H2,1-3H3. The second-order valence-electron chi connectivity index (χ2n) is 4.62. The summed E-state index contributed by atoms with van der Waals surface area (Å²) in [4.78, 5) is 0. The van der Waals surface area contributed by atoms with E-state index in [2.05, 4.69) is 0 Å². The van der Waals surface area contributed by atoms with Gasteiger partial charge in [0.15, 0.2) is 11.6 Å². The molecule has 21 heavy (non-hydrogen) atoms. The minimum atomic E-state index is -0.475. The van der Waals surface area contributed by atoms with Crippen LogP contribution in [0.25, 0.3) is 11.1 Å². The van der Waals surface area contributed by atoms with Crippen molar-refractivity contribution in [2.24, 2.45) is 0 Å². The summed E-state index contributed by atoms with van der Waals surface area (Å²) in [7, 11) is 2.91. The summed E-state index contributed by atoms with van der Waals surface area (Å²) in [5, 5.41) is 7.63. The maximum absolute atomic E-state index is 14.4. The van der Waals surface area contributed by atoms with Gasteiger partial charge in [-0.3, -0.25) is 0 Å². The Labute approximate surface area is 122 Å². The number of benzene rings is 2. The summed E-state index contributed by atoms with van der Waals surface area (Å²) >= 11 is 0. The Morgan fingerprint density at radius 2 is 1.86 bits per heavy atom. The average Bonchev–Trinajstić information content (AvgIpc) is 2.47. The molecule has 0 saturated carbocycles. The van der Waals surface area contributed by atoms with Crippen molar-refractivity contribution in [1.82, 2.24) is 0 Å². The number of rotatable bonds is 4. The summed E-state index contributed by atoms with van der Waals surface area (Å²) in [5.74, 6) is 0.126. The SMILES string of the molecule is COc1cc(OC)c(F)c(-c2ccc(C(C)=N)c(N)c2)c1. The first-order valence-corrected chi connectivity index (χ1v) is 6.35. The highest BCUT2D eigenvalue weighted by Crippen LogP contribution is 2.35. The third-order valence-corrected chi connectivity index (χ3v) is 3.23. The molecule has 0 fully saturated rings. The number of hydrogen-bond acceptors (Lipinski definition) is 4. The number of nitrogens with one attached hydrogen (secondary N) is 1. The van der Waals surface area contributed by atoms with Crippen molar-refractivity contribution in [3.8, 4) is 22.6 Å². The molecule has 0 aliphatic heterocycles. The summed E-state index contributed by atoms with van der Waals surface area (Å²) in [6.45, 7) is 1.65. The highest BCUT2D eigenvalue weighted by Gasteiger charge is 2.15. The molecule has 0 bridgehead atoms. The van der Waals surface area contributed by atoms with Crippen LogP contribution in [-0.4, -0.2) is 19.9 Å². The van der Waals surface area contributed by atoms with Crippen LogP contribution in [-0.2, 0) is 0 Å². The van der Waals surface area contributed by atoms with Gasteiger partial charge in [-0.1, -0.05) is 12.1 Å². The fourth-order valence-electron chi connectivity index (χ4n) is 2.12. The molecule has 0 saturated heterocycles. The Morgan fingerprint density at radius 1 is 1.14 bits per heavy atom. The van der Waals surface area contributed by atoms with Gasteiger partial charge < -0.3 is 20.6 Å². The number of nitrogens with two attached hydrogens (primary N) is 1. The van der Waals surface area contributed by atoms with Crippen LogP contribution in [0, 0.1) is 11.2 Å². The zero-order valence-corrected chi connectivity index (χ0v) is 12.2. The molecular formula is C16H17FN2O2. The number of nitrogen functional groups attached to an aromatic ring is 1. The zero-order chi connectivity index (χ0) is 15.6. The molecule has 5 heteroatoms. The first kappa shape index (κ1) is 14.8. The summed E-state index contributed by atoms with van der Waals surface area (Å²) in [6.07, 6.45) is 0. The van der Waals surface area contributed by atoms with Crippen molar-refractivity contribution in [3.63, 3.8) is 0 Å². The van der Waals surface area contributed by atoms with Gasteiger partial charge in [0.05, 0.1) is 14.2 Å². The molecule has 110 valence electrons. The third-order valence-electron chi connectivity index (χ3n) is 3.23. The van der Waals surface area contributed by atoms with E-state index in [1.165, 1.54) is 20.3 Å². The summed E-state index contributed by atoms with van der Waals surface area (Å²) in [5.41, 5.74) is 8.30. The van der Waals surface area contributed by atoms with Crippen LogP contribution in [0.5, 0.6) is 11.5 Å². The van der Waals surface area contributed by atoms with E-state index >= 15 is 0 Å². The molecule has 0 amide bonds. The Hall–Kier alpha value is -2.56. The Balaban J connectivity index is 2.61. The quantitative estimate of drug-likeness (QED) is 0.668. The van der Waals surface area contributed by atoms with Gasteiger partial charge in [-0.25, -0.2) is 4.39 Å². The van der Waals surface area contributed by atoms with E-state index in [4.69, 9.17) is 20.6 Å². The lowest BCUT2D eigenvalue weighted by Crippen LogP contribution is -2.00. The molecule has 0 aromatic heterocycles. The second kappa shape index (κ2) is 5.83. The van der Waals surface area contributed by atoms with Gasteiger partial charge >= 0.3 is 0 Å². The third kappa shape index (κ3) is 2.81. The predicted octanol–water partition coefficient (Wildman–Crippen LogP) is 3.48. The van der Waals surface area contributed by atoms with Gasteiger partial charge in [-0.05, 0) is 24.6 Å². The largest absolute Gasteiger partial charge is 0.497 e. The molecule has 0 spiro atoms. The summed E-state index contributed by atoms with van der Waals surface area (Å²) in [6, 6.07) is 8.14. The van der Waals surface area contributed by atoms with E-state index in [-0.39, 0.29) is 5.75 Å². The summed E-state index contributed by atoms with van der Waals surface area (Å²) < 4.78 is 24.6. The number of ether oxygens (including phenoxy) is 2. The lowest BCUT2D eigenvalue weighted by molar-refractivity contribution is 0.375. The number of methoxy groups -OCH3 is 2. The number of hydrogen-bond donors (Lipinski definition) is 2. The monoisotopic (exact) mass is 288 g/mol. The van der Waals surface area contributed by atoms with E-state index in [0.29, 0.717) is 33.8 Å². The lowest BCUT2D eigenvalue weighted by atomic mass is 9.99. The minimum absolute atomic E-state index is 0.107. The van der Waals surface area contributed by atoms with E-state index in [1.807, 2.05) is 0 Å². The van der Waals surface area contributed by atoms with Crippen molar-refractivity contribution in [2.75, 3.05) is 20.0 Å². The zero-order valence-electron chi connectivity index (χ0n) is 12.2. The maximum Gasteiger partial charge on any atom is 0.173 e. The van der Waals surface area contributed by atoms with Crippen LogP contribution < -0.4 is 15.2 Å². The molecule has 0 aliphatic rings. The molecule has 2 aromatic carbocycles. The van der Waals surface area contributed by atoms with Gasteiger partial charge in [0.2, 0.25) is 0 Å². The highest BCUT2D eigenvalue weighted by molar-refractivity contribution is 6.01. The topological polar surface area (TPSA) is 68.3 Å². The molecule has 2 aromatic rings. The van der Waals surface area contributed by atoms with Crippen molar-refractivity contribution >= 4 is 11.4 Å². The Morgan fingerprint density at radius 3 is 2.38 bits per heavy atom. The normalized spacial score (nSPS) is 10.3. The maximum atomic E-state index is 14.4. The van der Waals surface area contributed by atoms with Crippen LogP contribution in [0.3, 0.4) is 0 Å². The van der Waals surface area contributed by atoms with Crippen LogP contribution >= 0.6 is 0 Å². The van der Waals surface area contributed by atoms with E-state index < -0.39 is 5.82 Å². The molecule has 2 rings (SSSR count). The van der Waals surface area contributed by atoms with Gasteiger partial charge in [0.1, 0.15) is 5.75 Å². The molecule has 4 nitrogen and oxygen atoms in total. The van der Waals surface area contributed by atoms with E-state index in [1.54, 1.807) is 31.2 Å². The average molecular weight is 288 g/mol. The van der Waals surface area contributed by atoms with Gasteiger partial charge in [0.25, 0.3) is 0 Å². The molecule has 0 aliphatic carbocycles. The smallest absolute Gasteiger partial charge is 0.173 e. The number of halogens is 1. The number of anilines is 1. The Bertz CT molecular complexity index is 699. The molecule has 0 radical (unpaired) electrons. The van der Waals surface area contributed by atoms with E-state index in [0.717, 1.165) is 0 Å². The lowest BCUT2D eigenvalue weighted by Gasteiger charge is -2.12. The molecule has 0 unspecified atom stereocenters. The van der Waals surface area contributed by atoms with Crippen molar-refractivity contribution in [1.29, 1.82) is 5.41 Å². The second-order valence-corrected chi connectivity index (χ2v) is 4.62. The van der Waals surface area contributed by atoms with Crippen molar-refractivity contribution in [3.05, 3.63) is 41.7 Å². The first-order valence-electron chi connectivity index (χ1n) is 6.35. The van der Waals surface area contributed by atoms with E-state index in [9.17, 15) is 4.39 Å². The molecule has 0 heterocycles. The van der Waals surface area contributed by atoms with Crippen molar-refractivity contribution < 1.29 is 13.9 Å². The predicted molar refractivity (Wildman–Crippen MR) is 81.9 cm³/mol. The van der Waals surface area contributed by atoms with Gasteiger partial charge in [-0.15, -0.1) is 0 Å². The highest BCUT2D eigenvalue weighted by atomic mass is 19.1. The first-order chi connectivity index (χ1) is 9.97. The minimum Gasteiger partial charge on any atom is -0.497 e. The fraction of sp³-hybridized carbons (Fsp3) is 0.188. The van der Waals surface area contributed by atoms with Gasteiger partial charge in [0, 0.05) is 28.6 Å². The van der Waals surface area contributed by atoms with Crippen LogP contribution in [0.1, 0.15) is 12.5 Å². The fourth-order valence-corrected chi connectivity index (χ4v) is 2.12. The van der Waals surface area contributed by atoms with Crippen LogP contribution in [0.4, 0.5) is 10.1 Å². The van der Waals surface area contributed by atoms with Crippen molar-refractivity contribution in [2.45, 2.75) is 6.92 Å². The van der Waals surface area contributed by atoms with Crippen LogP contribution in [0.15, 0.2) is 30.3 Å². The van der Waals surface area contributed by atoms with Gasteiger partial charge in [-0.2, -0.15) is 0 Å². The molecular weight excluding hydrogens is 271 g/mol. The van der Waals surface area contributed by atoms with Crippen LogP contribution in [0.2, 0.25) is 0 Å². The Kier molecular flexibility index (Phi) is 4.12. The molecule has 0 atom stereocenters. The molecule has 3 N–H and O–H groups in total.